The number of carbonyl (C=O) groups excluding carboxylic acids is 2. The van der Waals surface area contributed by atoms with Crippen LogP contribution in [-0.2, 0) is 4.79 Å². The van der Waals surface area contributed by atoms with Crippen LogP contribution in [0.3, 0.4) is 0 Å². The third kappa shape index (κ3) is 4.34. The SMILES string of the molecule is O=C1S/C(=C\c2cc(Br)cc([N+](=O)[O-])c2O)C(=O)N1CCOc1ccccc1. The number of nitro groups is 1. The van der Waals surface area contributed by atoms with E-state index in [4.69, 9.17) is 4.74 Å². The van der Waals surface area contributed by atoms with Crippen molar-refractivity contribution in [2.75, 3.05) is 13.2 Å². The predicted molar refractivity (Wildman–Crippen MR) is 107 cm³/mol. The fourth-order valence-corrected chi connectivity index (χ4v) is 3.78. The molecule has 0 radical (unpaired) electrons. The van der Waals surface area contributed by atoms with Gasteiger partial charge >= 0.3 is 5.69 Å². The smallest absolute Gasteiger partial charge is 0.312 e. The fourth-order valence-electron chi connectivity index (χ4n) is 2.46. The van der Waals surface area contributed by atoms with Crippen molar-refractivity contribution >= 4 is 50.6 Å². The van der Waals surface area contributed by atoms with E-state index in [0.717, 1.165) is 11.0 Å². The molecule has 1 N–H and O–H groups in total. The van der Waals surface area contributed by atoms with Gasteiger partial charge in [0.1, 0.15) is 12.4 Å². The zero-order valence-corrected chi connectivity index (χ0v) is 16.6. The second kappa shape index (κ2) is 8.44. The first-order valence-electron chi connectivity index (χ1n) is 7.97. The third-order valence-corrected chi connectivity index (χ3v) is 5.13. The van der Waals surface area contributed by atoms with E-state index in [-0.39, 0.29) is 23.6 Å². The van der Waals surface area contributed by atoms with Gasteiger partial charge < -0.3 is 9.84 Å². The summed E-state index contributed by atoms with van der Waals surface area (Å²) in [6, 6.07) is 11.6. The lowest BCUT2D eigenvalue weighted by Gasteiger charge is -2.13. The third-order valence-electron chi connectivity index (χ3n) is 3.77. The van der Waals surface area contributed by atoms with Crippen LogP contribution in [0.25, 0.3) is 6.08 Å². The number of halogens is 1. The van der Waals surface area contributed by atoms with E-state index in [9.17, 15) is 24.8 Å². The molecule has 10 heteroatoms. The summed E-state index contributed by atoms with van der Waals surface area (Å²) >= 11 is 3.83. The van der Waals surface area contributed by atoms with Crippen LogP contribution < -0.4 is 4.74 Å². The normalized spacial score (nSPS) is 15.3. The van der Waals surface area contributed by atoms with E-state index >= 15 is 0 Å². The molecule has 1 heterocycles. The molecule has 1 aliphatic rings. The molecule has 8 nitrogen and oxygen atoms in total. The van der Waals surface area contributed by atoms with Crippen LogP contribution >= 0.6 is 27.7 Å². The highest BCUT2D eigenvalue weighted by molar-refractivity contribution is 9.10. The number of amides is 2. The average Bonchev–Trinajstić information content (AvgIpc) is 2.92. The quantitative estimate of drug-likeness (QED) is 0.387. The molecule has 0 atom stereocenters. The number of phenols is 1. The van der Waals surface area contributed by atoms with E-state index < -0.39 is 27.5 Å². The second-order valence-corrected chi connectivity index (χ2v) is 7.52. The van der Waals surface area contributed by atoms with Gasteiger partial charge in [0, 0.05) is 16.1 Å². The lowest BCUT2D eigenvalue weighted by molar-refractivity contribution is -0.385. The predicted octanol–water partition coefficient (Wildman–Crippen LogP) is 4.18. The Labute approximate surface area is 172 Å². The minimum Gasteiger partial charge on any atom is -0.502 e. The Morgan fingerprint density at radius 3 is 2.64 bits per heavy atom. The molecule has 2 amide bonds. The minimum absolute atomic E-state index is 0.0571. The Hall–Kier alpha value is -2.85. The summed E-state index contributed by atoms with van der Waals surface area (Å²) in [6.07, 6.45) is 1.26. The maximum absolute atomic E-state index is 12.5. The van der Waals surface area contributed by atoms with Gasteiger partial charge in [0.2, 0.25) is 5.75 Å². The van der Waals surface area contributed by atoms with Gasteiger partial charge in [0.05, 0.1) is 16.4 Å². The van der Waals surface area contributed by atoms with Gasteiger partial charge in [-0.25, -0.2) is 0 Å². The molecular formula is C18H13BrN2O6S. The topological polar surface area (TPSA) is 110 Å². The van der Waals surface area contributed by atoms with Crippen LogP contribution in [0.5, 0.6) is 11.5 Å². The molecule has 1 fully saturated rings. The maximum Gasteiger partial charge on any atom is 0.312 e. The Morgan fingerprint density at radius 2 is 1.96 bits per heavy atom. The number of nitro benzene ring substituents is 1. The maximum atomic E-state index is 12.5. The lowest BCUT2D eigenvalue weighted by atomic mass is 10.1. The van der Waals surface area contributed by atoms with Gasteiger partial charge in [0.25, 0.3) is 11.1 Å². The molecule has 2 aromatic carbocycles. The molecule has 0 saturated carbocycles. The summed E-state index contributed by atoms with van der Waals surface area (Å²) in [7, 11) is 0. The van der Waals surface area contributed by atoms with E-state index in [1.807, 2.05) is 18.2 Å². The van der Waals surface area contributed by atoms with Gasteiger partial charge in [-0.05, 0) is 36.0 Å². The van der Waals surface area contributed by atoms with E-state index in [1.54, 1.807) is 12.1 Å². The minimum atomic E-state index is -0.732. The Morgan fingerprint density at radius 1 is 1.25 bits per heavy atom. The van der Waals surface area contributed by atoms with E-state index in [2.05, 4.69) is 15.9 Å². The summed E-state index contributed by atoms with van der Waals surface area (Å²) < 4.78 is 5.86. The number of benzene rings is 2. The van der Waals surface area contributed by atoms with Crippen molar-refractivity contribution in [2.45, 2.75) is 0 Å². The number of rotatable bonds is 6. The van der Waals surface area contributed by atoms with Gasteiger partial charge in [0.15, 0.2) is 0 Å². The first-order valence-corrected chi connectivity index (χ1v) is 9.58. The second-order valence-electron chi connectivity index (χ2n) is 5.61. The molecule has 0 aromatic heterocycles. The molecule has 0 bridgehead atoms. The highest BCUT2D eigenvalue weighted by Gasteiger charge is 2.35. The molecule has 0 unspecified atom stereocenters. The molecular weight excluding hydrogens is 452 g/mol. The number of ether oxygens (including phenoxy) is 1. The number of hydrogen-bond acceptors (Lipinski definition) is 7. The lowest BCUT2D eigenvalue weighted by Crippen LogP contribution is -2.32. The van der Waals surface area contributed by atoms with Crippen LogP contribution in [0.1, 0.15) is 5.56 Å². The number of aromatic hydroxyl groups is 1. The Bertz CT molecular complexity index is 980. The molecule has 0 spiro atoms. The first-order chi connectivity index (χ1) is 13.4. The van der Waals surface area contributed by atoms with Crippen molar-refractivity contribution in [3.05, 3.63) is 67.5 Å². The Balaban J connectivity index is 1.75. The summed E-state index contributed by atoms with van der Waals surface area (Å²) in [5.41, 5.74) is -0.441. The molecule has 1 aliphatic heterocycles. The van der Waals surface area contributed by atoms with E-state index in [0.29, 0.717) is 22.0 Å². The van der Waals surface area contributed by atoms with Crippen LogP contribution in [0.4, 0.5) is 10.5 Å². The molecule has 0 aliphatic carbocycles. The molecule has 2 aromatic rings. The number of thioether (sulfide) groups is 1. The average molecular weight is 465 g/mol. The molecule has 28 heavy (non-hydrogen) atoms. The monoisotopic (exact) mass is 464 g/mol. The molecule has 3 rings (SSSR count). The standard InChI is InChI=1S/C18H13BrN2O6S/c19-12-8-11(16(22)14(10-12)21(25)26)9-15-17(23)20(18(24)28-15)6-7-27-13-4-2-1-3-5-13/h1-5,8-10,22H,6-7H2/b15-9-. The fraction of sp³-hybridized carbons (Fsp3) is 0.111. The highest BCUT2D eigenvalue weighted by atomic mass is 79.9. The summed E-state index contributed by atoms with van der Waals surface area (Å²) in [5, 5.41) is 20.6. The van der Waals surface area contributed by atoms with Crippen molar-refractivity contribution in [3.63, 3.8) is 0 Å². The first kappa shape index (κ1) is 19.9. The van der Waals surface area contributed by atoms with Crippen molar-refractivity contribution in [1.82, 2.24) is 4.90 Å². The van der Waals surface area contributed by atoms with Crippen LogP contribution in [0, 0.1) is 10.1 Å². The van der Waals surface area contributed by atoms with Gasteiger partial charge in [-0.1, -0.05) is 34.1 Å². The number of carbonyl (C=O) groups is 2. The number of phenolic OH excluding ortho intramolecular Hbond substituents is 1. The molecule has 144 valence electrons. The zero-order chi connectivity index (χ0) is 20.3. The molecule has 1 saturated heterocycles. The van der Waals surface area contributed by atoms with Gasteiger partial charge in [-0.2, -0.15) is 0 Å². The largest absolute Gasteiger partial charge is 0.502 e. The zero-order valence-electron chi connectivity index (χ0n) is 14.2. The summed E-state index contributed by atoms with van der Waals surface area (Å²) in [5.74, 6) is -0.502. The van der Waals surface area contributed by atoms with Crippen LogP contribution in [0.2, 0.25) is 0 Å². The van der Waals surface area contributed by atoms with Gasteiger partial charge in [-0.15, -0.1) is 0 Å². The highest BCUT2D eigenvalue weighted by Crippen LogP contribution is 2.38. The number of nitrogens with zero attached hydrogens (tertiary/aromatic N) is 2. The van der Waals surface area contributed by atoms with Crippen molar-refractivity contribution in [2.24, 2.45) is 0 Å². The van der Waals surface area contributed by atoms with Crippen molar-refractivity contribution in [1.29, 1.82) is 0 Å². The van der Waals surface area contributed by atoms with Crippen molar-refractivity contribution < 1.29 is 24.4 Å². The van der Waals surface area contributed by atoms with Crippen LogP contribution in [0.15, 0.2) is 51.8 Å². The number of para-hydroxylation sites is 1. The van der Waals surface area contributed by atoms with Gasteiger partial charge in [-0.3, -0.25) is 24.6 Å². The summed E-state index contributed by atoms with van der Waals surface area (Å²) in [4.78, 5) is 36.0. The Kier molecular flexibility index (Phi) is 6.00. The number of hydrogen-bond donors (Lipinski definition) is 1. The summed E-state index contributed by atoms with van der Waals surface area (Å²) in [6.45, 7) is 0.185. The van der Waals surface area contributed by atoms with Crippen molar-refractivity contribution in [3.8, 4) is 11.5 Å². The number of imide groups is 1. The van der Waals surface area contributed by atoms with E-state index in [1.165, 1.54) is 12.1 Å². The van der Waals surface area contributed by atoms with Crippen LogP contribution in [-0.4, -0.2) is 39.2 Å².